The molecule has 4 rings (SSSR count). The highest BCUT2D eigenvalue weighted by molar-refractivity contribution is 8.15. The summed E-state index contributed by atoms with van der Waals surface area (Å²) < 4.78 is 29.7. The summed E-state index contributed by atoms with van der Waals surface area (Å²) in [6.07, 6.45) is 0.900. The fraction of sp³-hybridized carbons (Fsp3) is 0.292. The Morgan fingerprint density at radius 3 is 2.37 bits per heavy atom. The summed E-state index contributed by atoms with van der Waals surface area (Å²) in [5, 5.41) is 10.7. The number of rotatable bonds is 11. The van der Waals surface area contributed by atoms with Crippen molar-refractivity contribution in [3.05, 3.63) is 74.9 Å². The number of fused-ring (bicyclic) bond motifs is 1. The maximum absolute atomic E-state index is 12.8. The van der Waals surface area contributed by atoms with Gasteiger partial charge in [0.2, 0.25) is 15.9 Å². The first-order chi connectivity index (χ1) is 18.1. The second-order valence-corrected chi connectivity index (χ2v) is 11.5. The van der Waals surface area contributed by atoms with Gasteiger partial charge < -0.3 is 5.11 Å². The van der Waals surface area contributed by atoms with Crippen LogP contribution in [0.2, 0.25) is 0 Å². The van der Waals surface area contributed by atoms with E-state index in [4.69, 9.17) is 0 Å². The average Bonchev–Trinajstić information content (AvgIpc) is 3.19. The Morgan fingerprint density at radius 2 is 1.71 bits per heavy atom. The number of carboxylic acid groups (broad SMARTS) is 1. The number of para-hydroxylation sites is 1. The van der Waals surface area contributed by atoms with Crippen LogP contribution in [0.15, 0.2) is 63.0 Å². The zero-order valence-electron chi connectivity index (χ0n) is 20.0. The van der Waals surface area contributed by atoms with E-state index in [1.807, 2.05) is 0 Å². The van der Waals surface area contributed by atoms with E-state index in [0.717, 1.165) is 20.9 Å². The number of thioether (sulfide) groups is 1. The molecule has 0 spiro atoms. The summed E-state index contributed by atoms with van der Waals surface area (Å²) in [6, 6.07) is 12.3. The van der Waals surface area contributed by atoms with Gasteiger partial charge in [-0.25, -0.2) is 17.9 Å². The lowest BCUT2D eigenvalue weighted by Gasteiger charge is -2.13. The fourth-order valence-corrected chi connectivity index (χ4v) is 6.02. The van der Waals surface area contributed by atoms with Gasteiger partial charge in [0.15, 0.2) is 0 Å². The number of hydrogen-bond donors (Lipinski definition) is 3. The van der Waals surface area contributed by atoms with Gasteiger partial charge in [0, 0.05) is 13.1 Å². The van der Waals surface area contributed by atoms with Crippen molar-refractivity contribution in [2.45, 2.75) is 42.5 Å². The second-order valence-electron chi connectivity index (χ2n) is 8.57. The molecule has 38 heavy (non-hydrogen) atoms. The molecule has 1 atom stereocenters. The number of carbonyl (C=O) groups excluding carboxylic acids is 2. The number of nitrogens with zero attached hydrogens (tertiary/aromatic N) is 2. The number of benzene rings is 2. The third-order valence-corrected chi connectivity index (χ3v) is 8.41. The predicted molar refractivity (Wildman–Crippen MR) is 140 cm³/mol. The summed E-state index contributed by atoms with van der Waals surface area (Å²) >= 11 is 0.899. The van der Waals surface area contributed by atoms with Crippen molar-refractivity contribution in [2.24, 2.45) is 0 Å². The van der Waals surface area contributed by atoms with Gasteiger partial charge >= 0.3 is 11.7 Å². The van der Waals surface area contributed by atoms with E-state index in [9.17, 15) is 37.5 Å². The molecule has 1 fully saturated rings. The van der Waals surface area contributed by atoms with Crippen LogP contribution in [-0.4, -0.2) is 51.6 Å². The van der Waals surface area contributed by atoms with Crippen molar-refractivity contribution >= 4 is 49.8 Å². The van der Waals surface area contributed by atoms with Crippen molar-refractivity contribution < 1.29 is 27.9 Å². The Bertz CT molecular complexity index is 1630. The van der Waals surface area contributed by atoms with Crippen LogP contribution >= 0.6 is 11.8 Å². The van der Waals surface area contributed by atoms with Gasteiger partial charge in [-0.2, -0.15) is 0 Å². The normalized spacial score (nSPS) is 15.6. The van der Waals surface area contributed by atoms with Crippen LogP contribution in [0.1, 0.15) is 18.4 Å². The molecule has 1 aliphatic rings. The van der Waals surface area contributed by atoms with Crippen LogP contribution in [0.3, 0.4) is 0 Å². The van der Waals surface area contributed by atoms with Gasteiger partial charge in [-0.05, 0) is 49.1 Å². The fourth-order valence-electron chi connectivity index (χ4n) is 4.09. The van der Waals surface area contributed by atoms with Crippen molar-refractivity contribution in [1.29, 1.82) is 0 Å². The second kappa shape index (κ2) is 11.3. The molecule has 3 N–H and O–H groups in total. The maximum Gasteiger partial charge on any atom is 0.332 e. The predicted octanol–water partition coefficient (Wildman–Crippen LogP) is 0.901. The lowest BCUT2D eigenvalue weighted by atomic mass is 10.1. The van der Waals surface area contributed by atoms with Crippen molar-refractivity contribution in [2.75, 3.05) is 6.54 Å². The number of amides is 2. The Labute approximate surface area is 220 Å². The SMILES string of the molecule is O=C(O)Cn1c(=O)n(CCCCNS(=O)(=O)c2ccc(CC3SC(=O)NC3=O)cc2)c(=O)c2ccccc21. The third kappa shape index (κ3) is 6.03. The topological polar surface area (TPSA) is 174 Å². The number of unbranched alkanes of at least 4 members (excludes halogenated alkanes) is 1. The quantitative estimate of drug-likeness (QED) is 0.288. The molecule has 1 aromatic heterocycles. The first kappa shape index (κ1) is 27.3. The van der Waals surface area contributed by atoms with Crippen molar-refractivity contribution in [3.8, 4) is 0 Å². The van der Waals surface area contributed by atoms with Crippen LogP contribution in [0.5, 0.6) is 0 Å². The van der Waals surface area contributed by atoms with E-state index in [2.05, 4.69) is 10.0 Å². The molecular weight excluding hydrogens is 536 g/mol. The third-order valence-electron chi connectivity index (χ3n) is 5.95. The standard InChI is InChI=1S/C24H24N4O8S2/c29-20(30)14-28-18-6-2-1-5-17(18)22(32)27(24(28)34)12-4-3-11-25-38(35,36)16-9-7-15(8-10-16)13-19-21(31)26-23(33)37-19/h1-2,5-10,19,25H,3-4,11-14H2,(H,29,30)(H,26,31,33). The van der Waals surface area contributed by atoms with E-state index in [1.54, 1.807) is 24.3 Å². The number of hydrogen-bond acceptors (Lipinski definition) is 8. The van der Waals surface area contributed by atoms with Crippen LogP contribution in [0, 0.1) is 0 Å². The van der Waals surface area contributed by atoms with Crippen LogP contribution in [-0.2, 0) is 39.1 Å². The highest BCUT2D eigenvalue weighted by Gasteiger charge is 2.31. The Morgan fingerprint density at radius 1 is 1.00 bits per heavy atom. The van der Waals surface area contributed by atoms with Gasteiger partial charge in [0.25, 0.3) is 10.8 Å². The summed E-state index contributed by atoms with van der Waals surface area (Å²) in [7, 11) is -3.82. The molecule has 0 saturated carbocycles. The summed E-state index contributed by atoms with van der Waals surface area (Å²) in [6.45, 7) is -0.548. The van der Waals surface area contributed by atoms with Crippen molar-refractivity contribution in [1.82, 2.24) is 19.2 Å². The van der Waals surface area contributed by atoms with E-state index in [1.165, 1.54) is 24.3 Å². The number of imide groups is 1. The van der Waals surface area contributed by atoms with E-state index in [0.29, 0.717) is 18.4 Å². The number of aromatic nitrogens is 2. The first-order valence-electron chi connectivity index (χ1n) is 11.6. The minimum Gasteiger partial charge on any atom is -0.480 e. The van der Waals surface area contributed by atoms with E-state index >= 15 is 0 Å². The Hall–Kier alpha value is -3.75. The molecule has 0 bridgehead atoms. The molecule has 0 aliphatic carbocycles. The molecule has 12 nitrogen and oxygen atoms in total. The minimum absolute atomic E-state index is 0.00615. The average molecular weight is 561 g/mol. The molecule has 2 aromatic carbocycles. The zero-order chi connectivity index (χ0) is 27.4. The van der Waals surface area contributed by atoms with E-state index in [-0.39, 0.29) is 41.2 Å². The largest absolute Gasteiger partial charge is 0.480 e. The van der Waals surface area contributed by atoms with E-state index < -0.39 is 44.3 Å². The Balaban J connectivity index is 1.36. The maximum atomic E-state index is 12.8. The van der Waals surface area contributed by atoms with Crippen LogP contribution in [0.25, 0.3) is 10.9 Å². The van der Waals surface area contributed by atoms with Gasteiger partial charge in [-0.3, -0.25) is 33.6 Å². The Kier molecular flexibility index (Phi) is 8.14. The van der Waals surface area contributed by atoms with Gasteiger partial charge in [0.1, 0.15) is 6.54 Å². The molecule has 1 unspecified atom stereocenters. The number of aliphatic carboxylic acids is 1. The molecular formula is C24H24N4O8S2. The highest BCUT2D eigenvalue weighted by atomic mass is 32.2. The van der Waals surface area contributed by atoms with Gasteiger partial charge in [0.05, 0.1) is 21.0 Å². The number of nitrogens with one attached hydrogen (secondary N) is 2. The molecule has 2 heterocycles. The van der Waals surface area contributed by atoms with Gasteiger partial charge in [-0.15, -0.1) is 0 Å². The summed E-state index contributed by atoms with van der Waals surface area (Å²) in [4.78, 5) is 59.9. The monoisotopic (exact) mass is 560 g/mol. The number of sulfonamides is 1. The molecule has 3 aromatic rings. The van der Waals surface area contributed by atoms with Crippen LogP contribution < -0.4 is 21.3 Å². The number of carbonyl (C=O) groups is 3. The summed E-state index contributed by atoms with van der Waals surface area (Å²) in [5.74, 6) is -1.59. The molecule has 14 heteroatoms. The highest BCUT2D eigenvalue weighted by Crippen LogP contribution is 2.23. The van der Waals surface area contributed by atoms with Crippen molar-refractivity contribution in [3.63, 3.8) is 0 Å². The zero-order valence-corrected chi connectivity index (χ0v) is 21.6. The molecule has 2 amide bonds. The molecule has 200 valence electrons. The minimum atomic E-state index is -3.82. The van der Waals surface area contributed by atoms with Gasteiger partial charge in [-0.1, -0.05) is 36.0 Å². The lowest BCUT2D eigenvalue weighted by molar-refractivity contribution is -0.137. The summed E-state index contributed by atoms with van der Waals surface area (Å²) in [5.41, 5.74) is -0.334. The molecule has 1 saturated heterocycles. The molecule has 1 aliphatic heterocycles. The number of carboxylic acids is 1. The first-order valence-corrected chi connectivity index (χ1v) is 14.0. The molecule has 0 radical (unpaired) electrons. The lowest BCUT2D eigenvalue weighted by Crippen LogP contribution is -2.41. The smallest absolute Gasteiger partial charge is 0.332 e. The van der Waals surface area contributed by atoms with Crippen LogP contribution in [0.4, 0.5) is 4.79 Å².